The van der Waals surface area contributed by atoms with Gasteiger partial charge in [-0.15, -0.1) is 6.42 Å². The van der Waals surface area contributed by atoms with E-state index in [0.29, 0.717) is 0 Å². The first-order chi connectivity index (χ1) is 12.3. The summed E-state index contributed by atoms with van der Waals surface area (Å²) < 4.78 is 0. The number of aromatic amines is 1. The molecule has 4 aromatic rings. The van der Waals surface area contributed by atoms with E-state index in [-0.39, 0.29) is 0 Å². The Bertz CT molecular complexity index is 1060. The molecule has 0 amide bonds. The molecule has 3 heteroatoms. The number of terminal acetylenes is 1. The second-order valence-corrected chi connectivity index (χ2v) is 5.96. The molecule has 0 atom stereocenters. The van der Waals surface area contributed by atoms with Crippen LogP contribution in [0.5, 0.6) is 0 Å². The summed E-state index contributed by atoms with van der Waals surface area (Å²) in [6.07, 6.45) is 10.8. The van der Waals surface area contributed by atoms with Crippen molar-refractivity contribution in [1.29, 1.82) is 0 Å². The van der Waals surface area contributed by atoms with E-state index in [0.717, 1.165) is 35.6 Å². The second-order valence-electron chi connectivity index (χ2n) is 5.96. The third-order valence-electron chi connectivity index (χ3n) is 4.34. The minimum atomic E-state index is 0.817. The fourth-order valence-corrected chi connectivity index (χ4v) is 3.05. The summed E-state index contributed by atoms with van der Waals surface area (Å²) in [4.78, 5) is 12.2. The number of imidazole rings is 1. The number of aryl methyl sites for hydroxylation is 2. The number of hydrogen-bond donors (Lipinski definition) is 1. The summed E-state index contributed by atoms with van der Waals surface area (Å²) in [5, 5.41) is 2.58. The second kappa shape index (κ2) is 6.62. The summed E-state index contributed by atoms with van der Waals surface area (Å²) in [6, 6.07) is 18.6. The van der Waals surface area contributed by atoms with Gasteiger partial charge in [-0.05, 0) is 34.9 Å². The van der Waals surface area contributed by atoms with Crippen molar-refractivity contribution in [1.82, 2.24) is 15.0 Å². The van der Waals surface area contributed by atoms with Gasteiger partial charge in [0.05, 0.1) is 17.6 Å². The molecular formula is C22H17N3. The minimum Gasteiger partial charge on any atom is -0.341 e. The normalized spacial score (nSPS) is 10.7. The van der Waals surface area contributed by atoms with Crippen molar-refractivity contribution in [3.05, 3.63) is 83.9 Å². The fraction of sp³-hybridized carbons (Fsp3) is 0.0909. The molecular weight excluding hydrogens is 306 g/mol. The van der Waals surface area contributed by atoms with Crippen molar-refractivity contribution in [3.8, 4) is 23.7 Å². The molecule has 25 heavy (non-hydrogen) atoms. The molecule has 1 N–H and O–H groups in total. The van der Waals surface area contributed by atoms with Gasteiger partial charge >= 0.3 is 0 Å². The SMILES string of the molecule is C#Cc1ccnc(-c2cnc(CCc3cccc4ccccc34)[nH]2)c1. The Hall–Kier alpha value is -3.38. The van der Waals surface area contributed by atoms with Gasteiger partial charge in [0.15, 0.2) is 0 Å². The standard InChI is InChI=1S/C22H17N3/c1-2-16-12-13-23-20(14-16)21-15-24-22(25-21)11-10-18-8-5-7-17-6-3-4-9-19(17)18/h1,3-9,12-15H,10-11H2,(H,24,25). The van der Waals surface area contributed by atoms with Gasteiger partial charge in [0.1, 0.15) is 5.82 Å². The number of rotatable bonds is 4. The van der Waals surface area contributed by atoms with Gasteiger partial charge in [-0.3, -0.25) is 4.98 Å². The number of fused-ring (bicyclic) bond motifs is 1. The predicted molar refractivity (Wildman–Crippen MR) is 101 cm³/mol. The van der Waals surface area contributed by atoms with Crippen molar-refractivity contribution in [2.75, 3.05) is 0 Å². The molecule has 2 aromatic carbocycles. The zero-order valence-corrected chi connectivity index (χ0v) is 13.7. The molecule has 0 aliphatic heterocycles. The number of hydrogen-bond acceptors (Lipinski definition) is 2. The molecule has 0 aliphatic rings. The Morgan fingerprint density at radius 3 is 2.76 bits per heavy atom. The Labute approximate surface area is 146 Å². The number of pyridine rings is 1. The third kappa shape index (κ3) is 3.15. The van der Waals surface area contributed by atoms with Crippen LogP contribution in [0.2, 0.25) is 0 Å². The van der Waals surface area contributed by atoms with Crippen molar-refractivity contribution in [2.24, 2.45) is 0 Å². The van der Waals surface area contributed by atoms with Crippen molar-refractivity contribution < 1.29 is 0 Å². The summed E-state index contributed by atoms with van der Waals surface area (Å²) >= 11 is 0. The number of aromatic nitrogens is 3. The fourth-order valence-electron chi connectivity index (χ4n) is 3.05. The Morgan fingerprint density at radius 1 is 0.960 bits per heavy atom. The maximum absolute atomic E-state index is 5.46. The van der Waals surface area contributed by atoms with E-state index < -0.39 is 0 Å². The molecule has 2 aromatic heterocycles. The zero-order chi connectivity index (χ0) is 17.1. The molecule has 0 fully saturated rings. The molecule has 3 nitrogen and oxygen atoms in total. The zero-order valence-electron chi connectivity index (χ0n) is 13.7. The van der Waals surface area contributed by atoms with Crippen LogP contribution in [-0.4, -0.2) is 15.0 Å². The number of nitrogens with zero attached hydrogens (tertiary/aromatic N) is 2. The maximum atomic E-state index is 5.46. The van der Waals surface area contributed by atoms with E-state index in [4.69, 9.17) is 6.42 Å². The monoisotopic (exact) mass is 323 g/mol. The van der Waals surface area contributed by atoms with E-state index in [2.05, 4.69) is 63.3 Å². The number of H-pyrrole nitrogens is 1. The largest absolute Gasteiger partial charge is 0.341 e. The average molecular weight is 323 g/mol. The summed E-state index contributed by atoms with van der Waals surface area (Å²) in [5.74, 6) is 3.59. The maximum Gasteiger partial charge on any atom is 0.106 e. The first-order valence-electron chi connectivity index (χ1n) is 8.27. The third-order valence-corrected chi connectivity index (χ3v) is 4.34. The van der Waals surface area contributed by atoms with Crippen LogP contribution < -0.4 is 0 Å². The lowest BCUT2D eigenvalue weighted by molar-refractivity contribution is 0.890. The summed E-state index contributed by atoms with van der Waals surface area (Å²) in [5.41, 5.74) is 3.87. The van der Waals surface area contributed by atoms with Crippen LogP contribution in [0, 0.1) is 12.3 Å². The van der Waals surface area contributed by atoms with Gasteiger partial charge in [-0.1, -0.05) is 48.4 Å². The lowest BCUT2D eigenvalue weighted by Gasteiger charge is -2.05. The smallest absolute Gasteiger partial charge is 0.106 e. The Kier molecular flexibility index (Phi) is 4.02. The topological polar surface area (TPSA) is 41.6 Å². The molecule has 0 saturated heterocycles. The molecule has 2 heterocycles. The number of benzene rings is 2. The van der Waals surface area contributed by atoms with Crippen molar-refractivity contribution in [3.63, 3.8) is 0 Å². The molecule has 0 unspecified atom stereocenters. The molecule has 120 valence electrons. The van der Waals surface area contributed by atoms with Gasteiger partial charge in [0.2, 0.25) is 0 Å². The lowest BCUT2D eigenvalue weighted by atomic mass is 10.0. The molecule has 0 aliphatic carbocycles. The lowest BCUT2D eigenvalue weighted by Crippen LogP contribution is -1.95. The highest BCUT2D eigenvalue weighted by molar-refractivity contribution is 5.85. The molecule has 0 spiro atoms. The van der Waals surface area contributed by atoms with E-state index in [1.165, 1.54) is 16.3 Å². The van der Waals surface area contributed by atoms with Gasteiger partial charge < -0.3 is 4.98 Å². The quantitative estimate of drug-likeness (QED) is 0.566. The van der Waals surface area contributed by atoms with Crippen LogP contribution in [0.15, 0.2) is 67.0 Å². The van der Waals surface area contributed by atoms with E-state index in [1.54, 1.807) is 6.20 Å². The van der Waals surface area contributed by atoms with Crippen molar-refractivity contribution >= 4 is 10.8 Å². The first kappa shape index (κ1) is 15.2. The summed E-state index contributed by atoms with van der Waals surface area (Å²) in [7, 11) is 0. The Morgan fingerprint density at radius 2 is 1.84 bits per heavy atom. The Balaban J connectivity index is 1.54. The van der Waals surface area contributed by atoms with Crippen molar-refractivity contribution in [2.45, 2.75) is 12.8 Å². The number of nitrogens with one attached hydrogen (secondary N) is 1. The summed E-state index contributed by atoms with van der Waals surface area (Å²) in [6.45, 7) is 0. The highest BCUT2D eigenvalue weighted by atomic mass is 14.9. The van der Waals surface area contributed by atoms with E-state index in [9.17, 15) is 0 Å². The first-order valence-corrected chi connectivity index (χ1v) is 8.27. The molecule has 0 radical (unpaired) electrons. The molecule has 0 bridgehead atoms. The van der Waals surface area contributed by atoms with Crippen LogP contribution in [0.25, 0.3) is 22.2 Å². The van der Waals surface area contributed by atoms with Crippen LogP contribution in [-0.2, 0) is 12.8 Å². The van der Waals surface area contributed by atoms with Crippen LogP contribution in [0.4, 0.5) is 0 Å². The van der Waals surface area contributed by atoms with Crippen LogP contribution in [0.3, 0.4) is 0 Å². The van der Waals surface area contributed by atoms with Gasteiger partial charge in [-0.2, -0.15) is 0 Å². The molecule has 0 saturated carbocycles. The van der Waals surface area contributed by atoms with E-state index in [1.807, 2.05) is 18.3 Å². The van der Waals surface area contributed by atoms with Gasteiger partial charge in [0, 0.05) is 18.2 Å². The van der Waals surface area contributed by atoms with E-state index >= 15 is 0 Å². The average Bonchev–Trinajstić information content (AvgIpc) is 3.15. The predicted octanol–water partition coefficient (Wildman–Crippen LogP) is 4.39. The van der Waals surface area contributed by atoms with Crippen LogP contribution in [0.1, 0.15) is 17.0 Å². The van der Waals surface area contributed by atoms with Gasteiger partial charge in [0.25, 0.3) is 0 Å². The van der Waals surface area contributed by atoms with Crippen LogP contribution >= 0.6 is 0 Å². The highest BCUT2D eigenvalue weighted by Gasteiger charge is 2.07. The highest BCUT2D eigenvalue weighted by Crippen LogP contribution is 2.20. The van der Waals surface area contributed by atoms with Gasteiger partial charge in [-0.25, -0.2) is 4.98 Å². The molecule has 4 rings (SSSR count). The minimum absolute atomic E-state index is 0.817.